The number of aryl methyl sites for hydroxylation is 1. The molecule has 1 aromatic heterocycles. The van der Waals surface area contributed by atoms with Crippen LogP contribution in [0.5, 0.6) is 0 Å². The van der Waals surface area contributed by atoms with Gasteiger partial charge in [-0.1, -0.05) is 0 Å². The summed E-state index contributed by atoms with van der Waals surface area (Å²) < 4.78 is 31.5. The molecular formula is C10H17NO4S2. The van der Waals surface area contributed by atoms with Gasteiger partial charge in [0, 0.05) is 18.5 Å². The van der Waals surface area contributed by atoms with Crippen molar-refractivity contribution >= 4 is 21.4 Å². The van der Waals surface area contributed by atoms with Crippen LogP contribution in [-0.2, 0) is 21.4 Å². The molecular weight excluding hydrogens is 262 g/mol. The second-order valence-electron chi connectivity index (χ2n) is 3.73. The largest absolute Gasteiger partial charge is 0.391 e. The summed E-state index contributed by atoms with van der Waals surface area (Å²) in [4.78, 5) is 0.671. The number of ether oxygens (including phenoxy) is 1. The van der Waals surface area contributed by atoms with Crippen LogP contribution in [-0.4, -0.2) is 33.3 Å². The van der Waals surface area contributed by atoms with E-state index >= 15 is 0 Å². The van der Waals surface area contributed by atoms with Gasteiger partial charge in [-0.3, -0.25) is 0 Å². The summed E-state index contributed by atoms with van der Waals surface area (Å²) >= 11 is 1.08. The summed E-state index contributed by atoms with van der Waals surface area (Å²) in [5.74, 6) is 0. The van der Waals surface area contributed by atoms with Gasteiger partial charge in [0.05, 0.1) is 12.7 Å². The minimum Gasteiger partial charge on any atom is -0.391 e. The Bertz CT molecular complexity index is 467. The average molecular weight is 279 g/mol. The number of thiophene rings is 1. The van der Waals surface area contributed by atoms with Crippen LogP contribution in [0.2, 0.25) is 0 Å². The molecule has 0 saturated carbocycles. The maximum Gasteiger partial charge on any atom is 0.250 e. The second-order valence-corrected chi connectivity index (χ2v) is 6.86. The Morgan fingerprint density at radius 2 is 2.24 bits per heavy atom. The zero-order valence-corrected chi connectivity index (χ0v) is 11.7. The van der Waals surface area contributed by atoms with Gasteiger partial charge in [-0.2, -0.15) is 0 Å². The highest BCUT2D eigenvalue weighted by molar-refractivity contribution is 7.91. The van der Waals surface area contributed by atoms with Crippen LogP contribution in [0.3, 0.4) is 0 Å². The van der Waals surface area contributed by atoms with Gasteiger partial charge in [0.2, 0.25) is 10.0 Å². The number of rotatable bonds is 6. The van der Waals surface area contributed by atoms with Crippen molar-refractivity contribution in [1.29, 1.82) is 0 Å². The van der Waals surface area contributed by atoms with Gasteiger partial charge in [0.1, 0.15) is 4.21 Å². The number of hydrogen-bond acceptors (Lipinski definition) is 5. The molecule has 98 valence electrons. The zero-order chi connectivity index (χ0) is 13.1. The molecule has 0 aromatic carbocycles. The molecule has 0 aliphatic rings. The maximum atomic E-state index is 11.9. The highest BCUT2D eigenvalue weighted by Crippen LogP contribution is 2.25. The molecule has 17 heavy (non-hydrogen) atoms. The molecule has 2 N–H and O–H groups in total. The van der Waals surface area contributed by atoms with Crippen molar-refractivity contribution in [3.63, 3.8) is 0 Å². The van der Waals surface area contributed by atoms with Crippen molar-refractivity contribution in [2.45, 2.75) is 30.8 Å². The monoisotopic (exact) mass is 279 g/mol. The summed E-state index contributed by atoms with van der Waals surface area (Å²) in [6.45, 7) is 3.64. The van der Waals surface area contributed by atoms with E-state index in [1.165, 1.54) is 7.11 Å². The fraction of sp³-hybridized carbons (Fsp3) is 0.600. The number of methoxy groups -OCH3 is 1. The van der Waals surface area contributed by atoms with Gasteiger partial charge in [0.15, 0.2) is 0 Å². The maximum absolute atomic E-state index is 11.9. The normalized spacial score (nSPS) is 13.9. The lowest BCUT2D eigenvalue weighted by Crippen LogP contribution is -2.31. The fourth-order valence-corrected chi connectivity index (χ4v) is 3.77. The molecule has 1 unspecified atom stereocenters. The Morgan fingerprint density at radius 1 is 1.59 bits per heavy atom. The summed E-state index contributed by atoms with van der Waals surface area (Å²) in [6.07, 6.45) is -0.178. The van der Waals surface area contributed by atoms with Crippen LogP contribution < -0.4 is 4.72 Å². The first-order chi connectivity index (χ1) is 7.90. The van der Waals surface area contributed by atoms with E-state index in [4.69, 9.17) is 9.84 Å². The SMILES string of the molecule is COC(C)CNS(=O)(=O)c1cc(C)c(CO)s1. The van der Waals surface area contributed by atoms with Crippen LogP contribution in [0, 0.1) is 6.92 Å². The van der Waals surface area contributed by atoms with Gasteiger partial charge in [0.25, 0.3) is 0 Å². The Kier molecular flexibility index (Phi) is 5.08. The molecule has 1 atom stereocenters. The quantitative estimate of drug-likeness (QED) is 0.810. The third-order valence-electron chi connectivity index (χ3n) is 2.37. The molecule has 0 amide bonds. The van der Waals surface area contributed by atoms with Crippen molar-refractivity contribution in [1.82, 2.24) is 4.72 Å². The smallest absolute Gasteiger partial charge is 0.250 e. The zero-order valence-electron chi connectivity index (χ0n) is 10.1. The molecule has 7 heteroatoms. The van der Waals surface area contributed by atoms with Gasteiger partial charge in [-0.25, -0.2) is 13.1 Å². The first-order valence-electron chi connectivity index (χ1n) is 5.13. The third kappa shape index (κ3) is 3.75. The van der Waals surface area contributed by atoms with E-state index < -0.39 is 10.0 Å². The van der Waals surface area contributed by atoms with Gasteiger partial charge in [-0.15, -0.1) is 11.3 Å². The predicted molar refractivity (Wildman–Crippen MR) is 66.6 cm³/mol. The topological polar surface area (TPSA) is 75.6 Å². The number of aliphatic hydroxyl groups is 1. The molecule has 0 spiro atoms. The van der Waals surface area contributed by atoms with Crippen molar-refractivity contribution in [2.75, 3.05) is 13.7 Å². The van der Waals surface area contributed by atoms with Gasteiger partial charge < -0.3 is 9.84 Å². The molecule has 0 saturated heterocycles. The van der Waals surface area contributed by atoms with Crippen LogP contribution in [0.1, 0.15) is 17.4 Å². The molecule has 1 rings (SSSR count). The Balaban J connectivity index is 2.82. The number of sulfonamides is 1. The average Bonchev–Trinajstić information content (AvgIpc) is 2.68. The summed E-state index contributed by atoms with van der Waals surface area (Å²) in [7, 11) is -1.97. The predicted octanol–water partition coefficient (Wildman–Crippen LogP) is 0.862. The van der Waals surface area contributed by atoms with Crippen LogP contribution in [0.25, 0.3) is 0 Å². The first kappa shape index (κ1) is 14.6. The van der Waals surface area contributed by atoms with Crippen molar-refractivity contribution in [3.8, 4) is 0 Å². The molecule has 0 aliphatic heterocycles. The highest BCUT2D eigenvalue weighted by atomic mass is 32.2. The Morgan fingerprint density at radius 3 is 2.71 bits per heavy atom. The van der Waals surface area contributed by atoms with Gasteiger partial charge >= 0.3 is 0 Å². The number of aliphatic hydroxyl groups excluding tert-OH is 1. The van der Waals surface area contributed by atoms with E-state index in [-0.39, 0.29) is 23.5 Å². The van der Waals surface area contributed by atoms with Crippen LogP contribution in [0.4, 0.5) is 0 Å². The molecule has 0 radical (unpaired) electrons. The number of hydrogen-bond donors (Lipinski definition) is 2. The van der Waals surface area contributed by atoms with Crippen molar-refractivity contribution in [3.05, 3.63) is 16.5 Å². The van der Waals surface area contributed by atoms with E-state index in [0.717, 1.165) is 16.9 Å². The molecule has 0 fully saturated rings. The second kappa shape index (κ2) is 5.92. The van der Waals surface area contributed by atoms with E-state index in [9.17, 15) is 8.42 Å². The minimum absolute atomic E-state index is 0.138. The third-order valence-corrected chi connectivity index (χ3v) is 5.49. The molecule has 0 bridgehead atoms. The van der Waals surface area contributed by atoms with E-state index in [2.05, 4.69) is 4.72 Å². The lowest BCUT2D eigenvalue weighted by Gasteiger charge is -2.10. The van der Waals surface area contributed by atoms with Crippen LogP contribution in [0.15, 0.2) is 10.3 Å². The van der Waals surface area contributed by atoms with E-state index in [0.29, 0.717) is 4.88 Å². The van der Waals surface area contributed by atoms with Crippen molar-refractivity contribution in [2.24, 2.45) is 0 Å². The molecule has 5 nitrogen and oxygen atoms in total. The van der Waals surface area contributed by atoms with Gasteiger partial charge in [-0.05, 0) is 25.5 Å². The summed E-state index contributed by atoms with van der Waals surface area (Å²) in [6, 6.07) is 1.57. The lowest BCUT2D eigenvalue weighted by molar-refractivity contribution is 0.122. The number of nitrogens with one attached hydrogen (secondary N) is 1. The van der Waals surface area contributed by atoms with Crippen LogP contribution >= 0.6 is 11.3 Å². The Hall–Kier alpha value is -0.470. The standard InChI is InChI=1S/C10H17NO4S2/c1-7-4-10(16-9(7)6-12)17(13,14)11-5-8(2)15-3/h4,8,11-12H,5-6H2,1-3H3. The molecule has 0 aliphatic carbocycles. The summed E-state index contributed by atoms with van der Waals surface area (Å²) in [5.41, 5.74) is 0.790. The Labute approximate surface area is 105 Å². The van der Waals surface area contributed by atoms with E-state index in [1.54, 1.807) is 19.9 Å². The molecule has 1 aromatic rings. The minimum atomic E-state index is -3.50. The molecule has 1 heterocycles. The lowest BCUT2D eigenvalue weighted by atomic mass is 10.3. The van der Waals surface area contributed by atoms with E-state index in [1.807, 2.05) is 0 Å². The summed E-state index contributed by atoms with van der Waals surface area (Å²) in [5, 5.41) is 9.03. The van der Waals surface area contributed by atoms with Crippen molar-refractivity contribution < 1.29 is 18.3 Å². The highest BCUT2D eigenvalue weighted by Gasteiger charge is 2.19. The first-order valence-corrected chi connectivity index (χ1v) is 7.43. The fourth-order valence-electron chi connectivity index (χ4n) is 1.16.